The zero-order chi connectivity index (χ0) is 23.7. The Hall–Kier alpha value is -2.77. The van der Waals surface area contributed by atoms with Crippen LogP contribution in [0.1, 0.15) is 58.5 Å². The first-order valence-electron chi connectivity index (χ1n) is 10.7. The molecule has 2 aromatic carbocycles. The standard InChI is InChI=1S/C25H31NO5Si/c1-25(2,3)32(5,6)31-16-17-11-13-18(14-12-17)21(24(29)30-4)15-26-22(27)19-9-7-8-10-20(19)23(26)28/h7-14,21H,15-16H2,1-6H3. The highest BCUT2D eigenvalue weighted by Gasteiger charge is 2.39. The first kappa shape index (κ1) is 23.9. The van der Waals surface area contributed by atoms with Crippen LogP contribution in [0, 0.1) is 0 Å². The molecule has 3 rings (SSSR count). The molecule has 1 heterocycles. The van der Waals surface area contributed by atoms with Crippen molar-refractivity contribution in [1.82, 2.24) is 4.90 Å². The number of methoxy groups -OCH3 is 1. The van der Waals surface area contributed by atoms with Crippen molar-refractivity contribution in [3.05, 3.63) is 70.8 Å². The Bertz CT molecular complexity index is 988. The van der Waals surface area contributed by atoms with Crippen LogP contribution in [0.3, 0.4) is 0 Å². The Labute approximate surface area is 190 Å². The SMILES string of the molecule is COC(=O)C(CN1C(=O)c2ccccc2C1=O)c1ccc(CO[Si](C)(C)C(C)(C)C)cc1. The summed E-state index contributed by atoms with van der Waals surface area (Å²) in [6.45, 7) is 11.4. The lowest BCUT2D eigenvalue weighted by Crippen LogP contribution is -2.40. The smallest absolute Gasteiger partial charge is 0.314 e. The number of imide groups is 1. The van der Waals surface area contributed by atoms with Gasteiger partial charge in [-0.05, 0) is 41.4 Å². The molecular formula is C25H31NO5Si. The number of esters is 1. The van der Waals surface area contributed by atoms with Gasteiger partial charge in [0.2, 0.25) is 0 Å². The lowest BCUT2D eigenvalue weighted by atomic mass is 9.97. The number of ether oxygens (including phenoxy) is 1. The van der Waals surface area contributed by atoms with Crippen molar-refractivity contribution in [2.24, 2.45) is 0 Å². The number of hydrogen-bond donors (Lipinski definition) is 0. The maximum Gasteiger partial charge on any atom is 0.314 e. The molecule has 0 spiro atoms. The van der Waals surface area contributed by atoms with E-state index in [1.165, 1.54) is 7.11 Å². The topological polar surface area (TPSA) is 72.9 Å². The van der Waals surface area contributed by atoms with Crippen molar-refractivity contribution in [2.75, 3.05) is 13.7 Å². The number of rotatable bonds is 7. The van der Waals surface area contributed by atoms with Gasteiger partial charge in [-0.25, -0.2) is 0 Å². The van der Waals surface area contributed by atoms with E-state index in [2.05, 4.69) is 33.9 Å². The summed E-state index contributed by atoms with van der Waals surface area (Å²) >= 11 is 0. The van der Waals surface area contributed by atoms with Crippen molar-refractivity contribution in [3.8, 4) is 0 Å². The fourth-order valence-electron chi connectivity index (χ4n) is 3.37. The van der Waals surface area contributed by atoms with Crippen LogP contribution in [0.15, 0.2) is 48.5 Å². The molecule has 32 heavy (non-hydrogen) atoms. The Balaban J connectivity index is 1.77. The van der Waals surface area contributed by atoms with E-state index in [9.17, 15) is 14.4 Å². The molecule has 0 aromatic heterocycles. The maximum atomic E-state index is 12.7. The second kappa shape index (κ2) is 9.00. The summed E-state index contributed by atoms with van der Waals surface area (Å²) < 4.78 is 11.2. The number of nitrogens with zero attached hydrogens (tertiary/aromatic N) is 1. The summed E-state index contributed by atoms with van der Waals surface area (Å²) in [6.07, 6.45) is 0. The van der Waals surface area contributed by atoms with Crippen LogP contribution >= 0.6 is 0 Å². The third kappa shape index (κ3) is 4.68. The fourth-order valence-corrected chi connectivity index (χ4v) is 4.33. The van der Waals surface area contributed by atoms with E-state index in [1.807, 2.05) is 24.3 Å². The van der Waals surface area contributed by atoms with Crippen molar-refractivity contribution in [2.45, 2.75) is 51.4 Å². The molecule has 170 valence electrons. The third-order valence-electron chi connectivity index (χ3n) is 6.52. The van der Waals surface area contributed by atoms with E-state index in [0.29, 0.717) is 23.3 Å². The van der Waals surface area contributed by atoms with Gasteiger partial charge in [-0.3, -0.25) is 19.3 Å². The minimum Gasteiger partial charge on any atom is -0.468 e. The van der Waals surface area contributed by atoms with E-state index < -0.39 is 20.2 Å². The molecule has 6 nitrogen and oxygen atoms in total. The Morgan fingerprint density at radius 2 is 1.50 bits per heavy atom. The molecule has 0 aliphatic carbocycles. The zero-order valence-electron chi connectivity index (χ0n) is 19.6. The number of carbonyl (C=O) groups excluding carboxylic acids is 3. The molecule has 1 unspecified atom stereocenters. The van der Waals surface area contributed by atoms with Crippen LogP contribution in [0.2, 0.25) is 18.1 Å². The number of carbonyl (C=O) groups is 3. The van der Waals surface area contributed by atoms with Gasteiger partial charge >= 0.3 is 5.97 Å². The molecule has 0 saturated carbocycles. The van der Waals surface area contributed by atoms with E-state index in [4.69, 9.17) is 9.16 Å². The van der Waals surface area contributed by atoms with E-state index >= 15 is 0 Å². The molecule has 1 atom stereocenters. The van der Waals surface area contributed by atoms with Gasteiger partial charge in [0, 0.05) is 6.54 Å². The second-order valence-corrected chi connectivity index (χ2v) is 14.4. The van der Waals surface area contributed by atoms with Crippen LogP contribution in [0.25, 0.3) is 0 Å². The van der Waals surface area contributed by atoms with E-state index in [1.54, 1.807) is 24.3 Å². The average molecular weight is 454 g/mol. The van der Waals surface area contributed by atoms with E-state index in [0.717, 1.165) is 10.5 Å². The van der Waals surface area contributed by atoms with Gasteiger partial charge in [-0.15, -0.1) is 0 Å². The minimum absolute atomic E-state index is 0.0706. The molecular weight excluding hydrogens is 422 g/mol. The summed E-state index contributed by atoms with van der Waals surface area (Å²) in [5.41, 5.74) is 2.41. The van der Waals surface area contributed by atoms with Gasteiger partial charge < -0.3 is 9.16 Å². The van der Waals surface area contributed by atoms with Crippen LogP contribution in [-0.4, -0.2) is 44.7 Å². The molecule has 1 aliphatic heterocycles. The van der Waals surface area contributed by atoms with Crippen LogP contribution < -0.4 is 0 Å². The predicted octanol–water partition coefficient (Wildman–Crippen LogP) is 4.76. The van der Waals surface area contributed by atoms with Gasteiger partial charge in [-0.1, -0.05) is 57.2 Å². The third-order valence-corrected chi connectivity index (χ3v) is 11.0. The predicted molar refractivity (Wildman–Crippen MR) is 125 cm³/mol. The normalized spacial score (nSPS) is 15.0. The summed E-state index contributed by atoms with van der Waals surface area (Å²) in [5, 5.41) is 0.120. The molecule has 2 aromatic rings. The molecule has 2 amide bonds. The zero-order valence-corrected chi connectivity index (χ0v) is 20.6. The van der Waals surface area contributed by atoms with Crippen molar-refractivity contribution >= 4 is 26.1 Å². The highest BCUT2D eigenvalue weighted by atomic mass is 28.4. The highest BCUT2D eigenvalue weighted by Crippen LogP contribution is 2.37. The molecule has 0 saturated heterocycles. The minimum atomic E-state index is -1.87. The Morgan fingerprint density at radius 3 is 1.97 bits per heavy atom. The van der Waals surface area contributed by atoms with Gasteiger partial charge in [0.1, 0.15) is 0 Å². The highest BCUT2D eigenvalue weighted by molar-refractivity contribution is 6.74. The van der Waals surface area contributed by atoms with E-state index in [-0.39, 0.29) is 23.4 Å². The molecule has 0 fully saturated rings. The first-order chi connectivity index (χ1) is 15.0. The fraction of sp³-hybridized carbons (Fsp3) is 0.400. The largest absolute Gasteiger partial charge is 0.468 e. The maximum absolute atomic E-state index is 12.7. The molecule has 0 bridgehead atoms. The number of fused-ring (bicyclic) bond motifs is 1. The number of hydrogen-bond acceptors (Lipinski definition) is 5. The Kier molecular flexibility index (Phi) is 6.71. The second-order valence-electron chi connectivity index (χ2n) is 9.63. The summed E-state index contributed by atoms with van der Waals surface area (Å²) in [5.74, 6) is -2.04. The molecule has 0 radical (unpaired) electrons. The van der Waals surface area contributed by atoms with Crippen LogP contribution in [0.5, 0.6) is 0 Å². The van der Waals surface area contributed by atoms with Gasteiger partial charge in [0.05, 0.1) is 30.8 Å². The van der Waals surface area contributed by atoms with Crippen LogP contribution in [-0.2, 0) is 20.6 Å². The van der Waals surface area contributed by atoms with Crippen molar-refractivity contribution in [3.63, 3.8) is 0 Å². The summed E-state index contributed by atoms with van der Waals surface area (Å²) in [7, 11) is -0.569. The van der Waals surface area contributed by atoms with Crippen molar-refractivity contribution < 1.29 is 23.5 Å². The monoisotopic (exact) mass is 453 g/mol. The quantitative estimate of drug-likeness (QED) is 0.343. The van der Waals surface area contributed by atoms with Crippen LogP contribution in [0.4, 0.5) is 0 Å². The molecule has 7 heteroatoms. The molecule has 1 aliphatic rings. The average Bonchev–Trinajstić information content (AvgIpc) is 3.00. The number of benzene rings is 2. The van der Waals surface area contributed by atoms with Crippen molar-refractivity contribution in [1.29, 1.82) is 0 Å². The summed E-state index contributed by atoms with van der Waals surface area (Å²) in [6, 6.07) is 14.2. The lowest BCUT2D eigenvalue weighted by Gasteiger charge is -2.36. The summed E-state index contributed by atoms with van der Waals surface area (Å²) in [4.78, 5) is 39.2. The lowest BCUT2D eigenvalue weighted by molar-refractivity contribution is -0.142. The van der Waals surface area contributed by atoms with Gasteiger partial charge in [-0.2, -0.15) is 0 Å². The van der Waals surface area contributed by atoms with Gasteiger partial charge in [0.25, 0.3) is 11.8 Å². The Morgan fingerprint density at radius 1 is 0.969 bits per heavy atom. The van der Waals surface area contributed by atoms with Gasteiger partial charge in [0.15, 0.2) is 8.32 Å². The first-order valence-corrected chi connectivity index (χ1v) is 13.6. The number of amides is 2. The molecule has 0 N–H and O–H groups in total.